The Labute approximate surface area is 133 Å². The number of hydrogen-bond acceptors (Lipinski definition) is 4. The van der Waals surface area contributed by atoms with Gasteiger partial charge in [-0.2, -0.15) is 0 Å². The quantitative estimate of drug-likeness (QED) is 0.757. The molecule has 1 aliphatic rings. The lowest BCUT2D eigenvalue weighted by Gasteiger charge is -2.14. The number of rotatable bonds is 6. The van der Waals surface area contributed by atoms with Gasteiger partial charge < -0.3 is 15.4 Å². The number of halogens is 1. The van der Waals surface area contributed by atoms with Crippen LogP contribution in [0.25, 0.3) is 0 Å². The molecule has 0 unspecified atom stereocenters. The summed E-state index contributed by atoms with van der Waals surface area (Å²) >= 11 is 5.83. The summed E-state index contributed by atoms with van der Waals surface area (Å²) in [6.07, 6.45) is 1.38. The summed E-state index contributed by atoms with van der Waals surface area (Å²) < 4.78 is 5.07. The van der Waals surface area contributed by atoms with E-state index in [1.54, 1.807) is 24.3 Å². The Bertz CT molecular complexity index is 582. The lowest BCUT2D eigenvalue weighted by atomic mass is 9.96. The van der Waals surface area contributed by atoms with E-state index >= 15 is 0 Å². The molecule has 1 aromatic carbocycles. The first-order valence-corrected chi connectivity index (χ1v) is 7.26. The Morgan fingerprint density at radius 1 is 1.18 bits per heavy atom. The van der Waals surface area contributed by atoms with Crippen LogP contribution in [0.2, 0.25) is 5.02 Å². The van der Waals surface area contributed by atoms with Crippen LogP contribution in [0.5, 0.6) is 0 Å². The van der Waals surface area contributed by atoms with E-state index in [1.165, 1.54) is 7.05 Å². The third kappa shape index (κ3) is 3.76. The highest BCUT2D eigenvalue weighted by molar-refractivity contribution is 6.30. The number of nitrogens with one attached hydrogen (secondary N) is 2. The Kier molecular flexibility index (Phi) is 5.03. The molecule has 1 fully saturated rings. The van der Waals surface area contributed by atoms with Gasteiger partial charge >= 0.3 is 5.97 Å². The van der Waals surface area contributed by atoms with Crippen LogP contribution in [0, 0.1) is 0 Å². The van der Waals surface area contributed by atoms with Crippen molar-refractivity contribution < 1.29 is 19.1 Å². The Morgan fingerprint density at radius 2 is 1.82 bits per heavy atom. The lowest BCUT2D eigenvalue weighted by Crippen LogP contribution is -2.38. The summed E-state index contributed by atoms with van der Waals surface area (Å²) in [5.41, 5.74) is 0.179. The van der Waals surface area contributed by atoms with Gasteiger partial charge in [0.2, 0.25) is 5.91 Å². The number of carbonyl (C=O) groups excluding carboxylic acids is 3. The lowest BCUT2D eigenvalue weighted by molar-refractivity contribution is -0.151. The maximum Gasteiger partial charge on any atom is 0.317 e. The van der Waals surface area contributed by atoms with Crippen LogP contribution in [-0.4, -0.2) is 38.0 Å². The fraction of sp³-hybridized carbons (Fsp3) is 0.400. The van der Waals surface area contributed by atoms with Crippen LogP contribution in [-0.2, 0) is 24.5 Å². The summed E-state index contributed by atoms with van der Waals surface area (Å²) in [4.78, 5) is 34.7. The number of carbonyl (C=O) groups is 3. The van der Waals surface area contributed by atoms with Crippen LogP contribution >= 0.6 is 11.6 Å². The number of amides is 2. The highest BCUT2D eigenvalue weighted by Crippen LogP contribution is 2.49. The minimum absolute atomic E-state index is 0.144. The molecule has 1 saturated carbocycles. The zero-order chi connectivity index (χ0) is 16.2. The standard InChI is InChI=1S/C15H17ClN2O4/c1-17-12(19)8-18-13(20)9-22-14(21)15(6-7-15)10-2-4-11(16)5-3-10/h2-5H,6-9H2,1H3,(H,17,19)(H,18,20). The molecule has 1 aromatic rings. The number of esters is 1. The average molecular weight is 325 g/mol. The number of benzene rings is 1. The third-order valence-electron chi connectivity index (χ3n) is 3.60. The second-order valence-corrected chi connectivity index (χ2v) is 5.55. The largest absolute Gasteiger partial charge is 0.455 e. The minimum atomic E-state index is -0.661. The zero-order valence-corrected chi connectivity index (χ0v) is 12.9. The van der Waals surface area contributed by atoms with Gasteiger partial charge in [-0.15, -0.1) is 0 Å². The topological polar surface area (TPSA) is 84.5 Å². The molecule has 0 atom stereocenters. The van der Waals surface area contributed by atoms with Crippen molar-refractivity contribution in [2.24, 2.45) is 0 Å². The Balaban J connectivity index is 1.86. The molecular weight excluding hydrogens is 308 g/mol. The smallest absolute Gasteiger partial charge is 0.317 e. The summed E-state index contributed by atoms with van der Waals surface area (Å²) in [7, 11) is 1.47. The van der Waals surface area contributed by atoms with Crippen molar-refractivity contribution in [3.05, 3.63) is 34.9 Å². The number of likely N-dealkylation sites (N-methyl/N-ethyl adjacent to an activating group) is 1. The van der Waals surface area contributed by atoms with Crippen molar-refractivity contribution >= 4 is 29.4 Å². The molecule has 2 N–H and O–H groups in total. The molecule has 2 rings (SSSR count). The van der Waals surface area contributed by atoms with E-state index in [2.05, 4.69) is 10.6 Å². The molecule has 0 radical (unpaired) electrons. The fourth-order valence-corrected chi connectivity index (χ4v) is 2.22. The van der Waals surface area contributed by atoms with E-state index in [0.717, 1.165) is 5.56 Å². The molecule has 0 saturated heterocycles. The number of hydrogen-bond donors (Lipinski definition) is 2. The molecule has 0 bridgehead atoms. The predicted octanol–water partition coefficient (Wildman–Crippen LogP) is 0.777. The zero-order valence-electron chi connectivity index (χ0n) is 12.1. The van der Waals surface area contributed by atoms with Crippen molar-refractivity contribution in [3.8, 4) is 0 Å². The van der Waals surface area contributed by atoms with Gasteiger partial charge in [0, 0.05) is 12.1 Å². The Morgan fingerprint density at radius 3 is 2.36 bits per heavy atom. The predicted molar refractivity (Wildman–Crippen MR) is 80.4 cm³/mol. The van der Waals surface area contributed by atoms with Crippen molar-refractivity contribution in [1.82, 2.24) is 10.6 Å². The molecule has 118 valence electrons. The molecule has 7 heteroatoms. The molecule has 1 aliphatic carbocycles. The van der Waals surface area contributed by atoms with Crippen LogP contribution in [0.4, 0.5) is 0 Å². The molecule has 2 amide bonds. The average Bonchev–Trinajstić information content (AvgIpc) is 3.32. The van der Waals surface area contributed by atoms with Crippen molar-refractivity contribution in [1.29, 1.82) is 0 Å². The van der Waals surface area contributed by atoms with E-state index in [0.29, 0.717) is 17.9 Å². The van der Waals surface area contributed by atoms with Gasteiger partial charge in [0.05, 0.1) is 12.0 Å². The fourth-order valence-electron chi connectivity index (χ4n) is 2.09. The summed E-state index contributed by atoms with van der Waals surface area (Å²) in [6.45, 7) is -0.541. The van der Waals surface area contributed by atoms with Gasteiger partial charge in [0.15, 0.2) is 6.61 Å². The maximum absolute atomic E-state index is 12.2. The molecular formula is C15H17ClN2O4. The van der Waals surface area contributed by atoms with E-state index < -0.39 is 23.9 Å². The van der Waals surface area contributed by atoms with Crippen LogP contribution in [0.1, 0.15) is 18.4 Å². The van der Waals surface area contributed by atoms with Gasteiger partial charge in [-0.1, -0.05) is 23.7 Å². The van der Waals surface area contributed by atoms with Crippen molar-refractivity contribution in [2.75, 3.05) is 20.2 Å². The molecule has 0 aliphatic heterocycles. The van der Waals surface area contributed by atoms with Gasteiger partial charge in [-0.25, -0.2) is 0 Å². The van der Waals surface area contributed by atoms with Crippen molar-refractivity contribution in [3.63, 3.8) is 0 Å². The maximum atomic E-state index is 12.2. The minimum Gasteiger partial charge on any atom is -0.455 e. The second kappa shape index (κ2) is 6.79. The highest BCUT2D eigenvalue weighted by Gasteiger charge is 2.52. The third-order valence-corrected chi connectivity index (χ3v) is 3.85. The normalized spacial score (nSPS) is 14.8. The van der Waals surface area contributed by atoms with Gasteiger partial charge in [0.25, 0.3) is 5.91 Å². The first-order valence-electron chi connectivity index (χ1n) is 6.88. The van der Waals surface area contributed by atoms with E-state index in [4.69, 9.17) is 16.3 Å². The second-order valence-electron chi connectivity index (χ2n) is 5.12. The van der Waals surface area contributed by atoms with E-state index in [1.807, 2.05) is 0 Å². The van der Waals surface area contributed by atoms with Gasteiger partial charge in [-0.3, -0.25) is 14.4 Å². The first kappa shape index (κ1) is 16.3. The first-order chi connectivity index (χ1) is 10.5. The SMILES string of the molecule is CNC(=O)CNC(=O)COC(=O)C1(c2ccc(Cl)cc2)CC1. The molecule has 0 aromatic heterocycles. The van der Waals surface area contributed by atoms with Crippen molar-refractivity contribution in [2.45, 2.75) is 18.3 Å². The molecule has 0 spiro atoms. The molecule has 6 nitrogen and oxygen atoms in total. The van der Waals surface area contributed by atoms with E-state index in [9.17, 15) is 14.4 Å². The Hall–Kier alpha value is -2.08. The van der Waals surface area contributed by atoms with Crippen LogP contribution < -0.4 is 10.6 Å². The number of ether oxygens (including phenoxy) is 1. The molecule has 0 heterocycles. The monoisotopic (exact) mass is 324 g/mol. The van der Waals surface area contributed by atoms with Crippen LogP contribution in [0.3, 0.4) is 0 Å². The van der Waals surface area contributed by atoms with Gasteiger partial charge in [0.1, 0.15) is 0 Å². The summed E-state index contributed by atoms with van der Waals surface area (Å²) in [5, 5.41) is 5.33. The summed E-state index contributed by atoms with van der Waals surface area (Å²) in [5.74, 6) is -1.26. The van der Waals surface area contributed by atoms with Gasteiger partial charge in [-0.05, 0) is 30.5 Å². The van der Waals surface area contributed by atoms with Crippen LogP contribution in [0.15, 0.2) is 24.3 Å². The molecule has 22 heavy (non-hydrogen) atoms. The summed E-state index contributed by atoms with van der Waals surface area (Å²) in [6, 6.07) is 7.03. The van der Waals surface area contributed by atoms with E-state index in [-0.39, 0.29) is 12.5 Å². The highest BCUT2D eigenvalue weighted by atomic mass is 35.5.